The van der Waals surface area contributed by atoms with Crippen molar-refractivity contribution in [2.24, 2.45) is 0 Å². The first-order valence-electron chi connectivity index (χ1n) is 8.00. The summed E-state index contributed by atoms with van der Waals surface area (Å²) in [5.74, 6) is -0.0397. The summed E-state index contributed by atoms with van der Waals surface area (Å²) in [5, 5.41) is 6.06. The zero-order valence-electron chi connectivity index (χ0n) is 13.6. The Labute approximate surface area is 140 Å². The molecule has 1 atom stereocenters. The van der Waals surface area contributed by atoms with Crippen molar-refractivity contribution in [1.29, 1.82) is 0 Å². The van der Waals surface area contributed by atoms with Crippen molar-refractivity contribution in [2.75, 3.05) is 31.9 Å². The van der Waals surface area contributed by atoms with Gasteiger partial charge in [0.1, 0.15) is 6.04 Å². The van der Waals surface area contributed by atoms with E-state index in [1.807, 2.05) is 6.92 Å². The number of rotatable bonds is 9. The van der Waals surface area contributed by atoms with Crippen molar-refractivity contribution >= 4 is 28.3 Å². The minimum atomic E-state index is -3.31. The molecule has 0 aliphatic carbocycles. The number of carbonyl (C=O) groups is 1. The maximum absolute atomic E-state index is 12.2. The van der Waals surface area contributed by atoms with Crippen molar-refractivity contribution in [2.45, 2.75) is 52.0 Å². The number of piperidine rings is 1. The molecule has 2 N–H and O–H groups in total. The van der Waals surface area contributed by atoms with Gasteiger partial charge >= 0.3 is 0 Å². The van der Waals surface area contributed by atoms with E-state index in [4.69, 9.17) is 0 Å². The van der Waals surface area contributed by atoms with Crippen molar-refractivity contribution < 1.29 is 13.2 Å². The molecular weight excluding hydrogens is 326 g/mol. The lowest BCUT2D eigenvalue weighted by atomic mass is 10.0. The van der Waals surface area contributed by atoms with Crippen LogP contribution in [0.3, 0.4) is 0 Å². The van der Waals surface area contributed by atoms with Gasteiger partial charge in [0, 0.05) is 19.6 Å². The third-order valence-electron chi connectivity index (χ3n) is 3.60. The van der Waals surface area contributed by atoms with Gasteiger partial charge < -0.3 is 10.6 Å². The predicted molar refractivity (Wildman–Crippen MR) is 91.8 cm³/mol. The Morgan fingerprint density at radius 1 is 1.14 bits per heavy atom. The van der Waals surface area contributed by atoms with Gasteiger partial charge in [-0.25, -0.2) is 8.42 Å². The number of halogens is 1. The van der Waals surface area contributed by atoms with Crippen LogP contribution in [-0.4, -0.2) is 56.6 Å². The van der Waals surface area contributed by atoms with Gasteiger partial charge in [-0.1, -0.05) is 20.3 Å². The van der Waals surface area contributed by atoms with E-state index in [1.54, 1.807) is 0 Å². The molecule has 1 aliphatic rings. The molecule has 8 heteroatoms. The van der Waals surface area contributed by atoms with Gasteiger partial charge in [-0.05, 0) is 32.2 Å². The normalized spacial score (nSPS) is 19.5. The summed E-state index contributed by atoms with van der Waals surface area (Å²) in [4.78, 5) is 12.2. The molecule has 1 amide bonds. The third kappa shape index (κ3) is 6.81. The first-order valence-corrected chi connectivity index (χ1v) is 9.61. The second kappa shape index (κ2) is 11.2. The van der Waals surface area contributed by atoms with E-state index in [0.717, 1.165) is 25.8 Å². The fourth-order valence-corrected chi connectivity index (χ4v) is 4.32. The molecule has 0 aromatic rings. The molecule has 1 aliphatic heterocycles. The van der Waals surface area contributed by atoms with Crippen LogP contribution in [0.25, 0.3) is 0 Å². The Kier molecular flexibility index (Phi) is 11.0. The van der Waals surface area contributed by atoms with Crippen LogP contribution in [0, 0.1) is 0 Å². The summed E-state index contributed by atoms with van der Waals surface area (Å²) in [7, 11) is -3.31. The quantitative estimate of drug-likeness (QED) is 0.607. The monoisotopic (exact) mass is 355 g/mol. The zero-order chi connectivity index (χ0) is 15.7. The van der Waals surface area contributed by atoms with Gasteiger partial charge in [-0.3, -0.25) is 4.79 Å². The zero-order valence-corrected chi connectivity index (χ0v) is 15.3. The molecule has 0 aromatic carbocycles. The van der Waals surface area contributed by atoms with E-state index >= 15 is 0 Å². The van der Waals surface area contributed by atoms with Gasteiger partial charge in [0.25, 0.3) is 0 Å². The van der Waals surface area contributed by atoms with Gasteiger partial charge in [-0.15, -0.1) is 12.4 Å². The summed E-state index contributed by atoms with van der Waals surface area (Å²) in [6, 6.07) is -0.526. The standard InChI is InChI=1S/C14H29N3O3S.ClH/c1-3-8-15-9-10-16-14(18)13-7-5-6-11-17(13)21(19,20)12-4-2;/h13,15H,3-12H2,1-2H3,(H,16,18);1H. The van der Waals surface area contributed by atoms with Crippen LogP contribution in [0.15, 0.2) is 0 Å². The van der Waals surface area contributed by atoms with E-state index in [2.05, 4.69) is 17.6 Å². The van der Waals surface area contributed by atoms with Crippen LogP contribution in [0.1, 0.15) is 46.0 Å². The maximum atomic E-state index is 12.2. The molecule has 132 valence electrons. The Morgan fingerprint density at radius 3 is 2.50 bits per heavy atom. The number of hydrogen-bond donors (Lipinski definition) is 2. The molecule has 0 saturated carbocycles. The molecule has 22 heavy (non-hydrogen) atoms. The summed E-state index contributed by atoms with van der Waals surface area (Å²) in [5.41, 5.74) is 0. The SMILES string of the molecule is CCCNCCNC(=O)C1CCCCN1S(=O)(=O)CCC.Cl. The second-order valence-corrected chi connectivity index (χ2v) is 7.52. The fraction of sp³-hybridized carbons (Fsp3) is 0.929. The fourth-order valence-electron chi connectivity index (χ4n) is 2.57. The van der Waals surface area contributed by atoms with E-state index in [-0.39, 0.29) is 24.1 Å². The Hall–Kier alpha value is -0.370. The van der Waals surface area contributed by atoms with Crippen LogP contribution in [0.4, 0.5) is 0 Å². The Morgan fingerprint density at radius 2 is 1.86 bits per heavy atom. The minimum Gasteiger partial charge on any atom is -0.353 e. The maximum Gasteiger partial charge on any atom is 0.238 e. The molecule has 1 unspecified atom stereocenters. The van der Waals surface area contributed by atoms with E-state index < -0.39 is 16.1 Å². The summed E-state index contributed by atoms with van der Waals surface area (Å²) < 4.78 is 25.9. The Balaban J connectivity index is 0.00000441. The molecule has 1 rings (SSSR count). The highest BCUT2D eigenvalue weighted by atomic mass is 35.5. The topological polar surface area (TPSA) is 78.5 Å². The first-order chi connectivity index (χ1) is 10.0. The van der Waals surface area contributed by atoms with Crippen molar-refractivity contribution in [3.63, 3.8) is 0 Å². The van der Waals surface area contributed by atoms with Gasteiger partial charge in [0.2, 0.25) is 15.9 Å². The molecule has 0 radical (unpaired) electrons. The number of sulfonamides is 1. The van der Waals surface area contributed by atoms with Crippen LogP contribution in [-0.2, 0) is 14.8 Å². The first kappa shape index (κ1) is 21.6. The highest BCUT2D eigenvalue weighted by Crippen LogP contribution is 2.21. The predicted octanol–water partition coefficient (Wildman–Crippen LogP) is 1.12. The lowest BCUT2D eigenvalue weighted by molar-refractivity contribution is -0.125. The third-order valence-corrected chi connectivity index (χ3v) is 5.68. The van der Waals surface area contributed by atoms with Crippen molar-refractivity contribution in [1.82, 2.24) is 14.9 Å². The van der Waals surface area contributed by atoms with Crippen molar-refractivity contribution in [3.8, 4) is 0 Å². The number of carbonyl (C=O) groups excluding carboxylic acids is 1. The lowest BCUT2D eigenvalue weighted by Gasteiger charge is -2.33. The van der Waals surface area contributed by atoms with Crippen LogP contribution < -0.4 is 10.6 Å². The average Bonchev–Trinajstić information content (AvgIpc) is 2.47. The van der Waals surface area contributed by atoms with Gasteiger partial charge in [-0.2, -0.15) is 4.31 Å². The molecular formula is C14H30ClN3O3S. The summed E-state index contributed by atoms with van der Waals surface area (Å²) in [6.07, 6.45) is 4.00. The second-order valence-electron chi connectivity index (χ2n) is 5.48. The number of nitrogens with zero attached hydrogens (tertiary/aromatic N) is 1. The van der Waals surface area contributed by atoms with Crippen LogP contribution >= 0.6 is 12.4 Å². The smallest absolute Gasteiger partial charge is 0.238 e. The molecule has 0 spiro atoms. The number of amides is 1. The van der Waals surface area contributed by atoms with E-state index in [1.165, 1.54) is 4.31 Å². The molecule has 1 heterocycles. The highest BCUT2D eigenvalue weighted by Gasteiger charge is 2.35. The van der Waals surface area contributed by atoms with E-state index in [0.29, 0.717) is 32.5 Å². The highest BCUT2D eigenvalue weighted by molar-refractivity contribution is 7.89. The van der Waals surface area contributed by atoms with Crippen molar-refractivity contribution in [3.05, 3.63) is 0 Å². The molecule has 1 fully saturated rings. The minimum absolute atomic E-state index is 0. The molecule has 0 bridgehead atoms. The number of hydrogen-bond acceptors (Lipinski definition) is 4. The number of nitrogens with one attached hydrogen (secondary N) is 2. The molecule has 1 saturated heterocycles. The summed E-state index contributed by atoms with van der Waals surface area (Å²) >= 11 is 0. The molecule has 0 aromatic heterocycles. The van der Waals surface area contributed by atoms with Gasteiger partial charge in [0.05, 0.1) is 5.75 Å². The van der Waals surface area contributed by atoms with E-state index in [9.17, 15) is 13.2 Å². The van der Waals surface area contributed by atoms with Crippen LogP contribution in [0.2, 0.25) is 0 Å². The Bertz CT molecular complexity index is 418. The van der Waals surface area contributed by atoms with Crippen LogP contribution in [0.5, 0.6) is 0 Å². The van der Waals surface area contributed by atoms with Gasteiger partial charge in [0.15, 0.2) is 0 Å². The summed E-state index contributed by atoms with van der Waals surface area (Å²) in [6.45, 7) is 6.58. The molecule has 6 nitrogen and oxygen atoms in total. The largest absolute Gasteiger partial charge is 0.353 e. The average molecular weight is 356 g/mol. The lowest BCUT2D eigenvalue weighted by Crippen LogP contribution is -2.53.